The van der Waals surface area contributed by atoms with Gasteiger partial charge in [-0.05, 0) is 35.8 Å². The Morgan fingerprint density at radius 1 is 1.47 bits per heavy atom. The van der Waals surface area contributed by atoms with Gasteiger partial charge in [-0.2, -0.15) is 0 Å². The summed E-state index contributed by atoms with van der Waals surface area (Å²) in [6.07, 6.45) is 0. The van der Waals surface area contributed by atoms with Gasteiger partial charge in [0.15, 0.2) is 0 Å². The summed E-state index contributed by atoms with van der Waals surface area (Å²) in [4.78, 5) is 0. The van der Waals surface area contributed by atoms with E-state index < -0.39 is 0 Å². The van der Waals surface area contributed by atoms with Crippen molar-refractivity contribution in [2.24, 2.45) is 0 Å². The molecule has 0 fully saturated rings. The molecule has 0 radical (unpaired) electrons. The lowest BCUT2D eigenvalue weighted by atomic mass is 10.1. The summed E-state index contributed by atoms with van der Waals surface area (Å²) in [6.45, 7) is 4.47. The fourth-order valence-electron chi connectivity index (χ4n) is 1.51. The van der Waals surface area contributed by atoms with Crippen molar-refractivity contribution >= 4 is 27.0 Å². The van der Waals surface area contributed by atoms with Crippen molar-refractivity contribution < 1.29 is 9.13 Å². The maximum atomic E-state index is 13.3. The number of ether oxygens (including phenoxy) is 1. The highest BCUT2D eigenvalue weighted by atomic mass is 79.9. The normalized spacial score (nSPS) is 12.3. The average molecular weight is 302 g/mol. The van der Waals surface area contributed by atoms with Gasteiger partial charge in [-0.15, -0.1) is 5.10 Å². The van der Waals surface area contributed by atoms with Gasteiger partial charge in [-0.25, -0.2) is 9.07 Å². The van der Waals surface area contributed by atoms with E-state index in [1.807, 2.05) is 13.8 Å². The Balaban J connectivity index is 2.46. The van der Waals surface area contributed by atoms with E-state index in [9.17, 15) is 4.39 Å². The molecule has 17 heavy (non-hydrogen) atoms. The maximum absolute atomic E-state index is 13.3. The first-order valence-electron chi connectivity index (χ1n) is 5.16. The number of halogens is 2. The minimum Gasteiger partial charge on any atom is -0.377 e. The molecular formula is C11H13BrFN3O. The molecular weight excluding hydrogens is 289 g/mol. The van der Waals surface area contributed by atoms with E-state index in [0.717, 1.165) is 5.52 Å². The summed E-state index contributed by atoms with van der Waals surface area (Å²) in [7, 11) is 1.65. The van der Waals surface area contributed by atoms with Crippen LogP contribution in [0.3, 0.4) is 0 Å². The lowest BCUT2D eigenvalue weighted by Crippen LogP contribution is -2.29. The summed E-state index contributed by atoms with van der Waals surface area (Å²) in [6, 6.07) is 3.04. The van der Waals surface area contributed by atoms with E-state index in [0.29, 0.717) is 16.5 Å². The highest BCUT2D eigenvalue weighted by Gasteiger charge is 2.20. The van der Waals surface area contributed by atoms with Crippen molar-refractivity contribution in [2.75, 3.05) is 7.11 Å². The number of hydrogen-bond donors (Lipinski definition) is 0. The Labute approximate surface area is 107 Å². The van der Waals surface area contributed by atoms with Crippen molar-refractivity contribution in [3.05, 3.63) is 22.4 Å². The largest absolute Gasteiger partial charge is 0.377 e. The van der Waals surface area contributed by atoms with Crippen LogP contribution in [0.2, 0.25) is 0 Å². The van der Waals surface area contributed by atoms with Gasteiger partial charge in [0.2, 0.25) is 0 Å². The third-order valence-electron chi connectivity index (χ3n) is 2.64. The summed E-state index contributed by atoms with van der Waals surface area (Å²) in [5.41, 5.74) is 0.975. The Bertz CT molecular complexity index is 553. The van der Waals surface area contributed by atoms with Gasteiger partial charge in [0, 0.05) is 13.2 Å². The van der Waals surface area contributed by atoms with Crippen LogP contribution in [0.15, 0.2) is 16.6 Å². The number of aromatic nitrogens is 3. The fraction of sp³-hybridized carbons (Fsp3) is 0.455. The average Bonchev–Trinajstić information content (AvgIpc) is 2.62. The second-order valence-corrected chi connectivity index (χ2v) is 5.32. The Morgan fingerprint density at radius 2 is 2.18 bits per heavy atom. The summed E-state index contributed by atoms with van der Waals surface area (Å²) in [5.74, 6) is -0.337. The molecule has 0 saturated carbocycles. The van der Waals surface area contributed by atoms with E-state index in [-0.39, 0.29) is 11.4 Å². The molecule has 1 heterocycles. The number of benzene rings is 1. The number of rotatable bonds is 3. The van der Waals surface area contributed by atoms with Crippen LogP contribution < -0.4 is 0 Å². The van der Waals surface area contributed by atoms with Crippen molar-refractivity contribution in [1.29, 1.82) is 0 Å². The van der Waals surface area contributed by atoms with Crippen LogP contribution in [-0.4, -0.2) is 27.7 Å². The molecule has 0 N–H and O–H groups in total. The van der Waals surface area contributed by atoms with Crippen molar-refractivity contribution in [3.63, 3.8) is 0 Å². The minimum atomic E-state index is -0.346. The number of nitrogens with zero attached hydrogens (tertiary/aromatic N) is 3. The van der Waals surface area contributed by atoms with Gasteiger partial charge < -0.3 is 4.74 Å². The minimum absolute atomic E-state index is 0.337. The van der Waals surface area contributed by atoms with Crippen molar-refractivity contribution in [1.82, 2.24) is 15.0 Å². The van der Waals surface area contributed by atoms with Gasteiger partial charge in [0.05, 0.1) is 22.1 Å². The lowest BCUT2D eigenvalue weighted by molar-refractivity contribution is 0.00601. The molecule has 0 amide bonds. The third kappa shape index (κ3) is 2.47. The number of fused-ring (bicyclic) bond motifs is 1. The number of methoxy groups -OCH3 is 1. The lowest BCUT2D eigenvalue weighted by Gasteiger charge is -2.22. The molecule has 1 aromatic carbocycles. The second-order valence-electron chi connectivity index (χ2n) is 4.47. The molecule has 4 nitrogen and oxygen atoms in total. The van der Waals surface area contributed by atoms with Crippen LogP contribution in [0.5, 0.6) is 0 Å². The first-order valence-corrected chi connectivity index (χ1v) is 5.96. The van der Waals surface area contributed by atoms with Crippen LogP contribution in [0, 0.1) is 5.82 Å². The standard InChI is InChI=1S/C11H13BrFN3O/c1-11(2,17-3)6-16-10-4-7(12)8(13)5-9(10)14-15-16/h4-5H,6H2,1-3H3. The molecule has 0 unspecified atom stereocenters. The molecule has 1 aromatic heterocycles. The van der Waals surface area contributed by atoms with Gasteiger partial charge in [0.25, 0.3) is 0 Å². The van der Waals surface area contributed by atoms with Crippen molar-refractivity contribution in [3.8, 4) is 0 Å². The zero-order chi connectivity index (χ0) is 12.6. The molecule has 6 heteroatoms. The highest BCUT2D eigenvalue weighted by molar-refractivity contribution is 9.10. The van der Waals surface area contributed by atoms with Crippen LogP contribution in [-0.2, 0) is 11.3 Å². The first kappa shape index (κ1) is 12.4. The Kier molecular flexibility index (Phi) is 3.18. The van der Waals surface area contributed by atoms with Crippen LogP contribution in [0.1, 0.15) is 13.8 Å². The molecule has 0 spiro atoms. The molecule has 92 valence electrons. The van der Waals surface area contributed by atoms with Crippen molar-refractivity contribution in [2.45, 2.75) is 26.0 Å². The fourth-order valence-corrected chi connectivity index (χ4v) is 1.84. The molecule has 0 aliphatic carbocycles. The quantitative estimate of drug-likeness (QED) is 0.875. The smallest absolute Gasteiger partial charge is 0.139 e. The van der Waals surface area contributed by atoms with Gasteiger partial charge in [0.1, 0.15) is 11.3 Å². The third-order valence-corrected chi connectivity index (χ3v) is 3.25. The highest BCUT2D eigenvalue weighted by Crippen LogP contribution is 2.23. The van der Waals surface area contributed by atoms with E-state index in [4.69, 9.17) is 4.74 Å². The monoisotopic (exact) mass is 301 g/mol. The van der Waals surface area contributed by atoms with E-state index >= 15 is 0 Å². The molecule has 2 aromatic rings. The molecule has 2 rings (SSSR count). The van der Waals surface area contributed by atoms with Gasteiger partial charge >= 0.3 is 0 Å². The molecule has 0 aliphatic rings. The number of hydrogen-bond acceptors (Lipinski definition) is 3. The van der Waals surface area contributed by atoms with Gasteiger partial charge in [-0.1, -0.05) is 5.21 Å². The van der Waals surface area contributed by atoms with Crippen LogP contribution in [0.25, 0.3) is 11.0 Å². The molecule has 0 atom stereocenters. The van der Waals surface area contributed by atoms with Crippen LogP contribution in [0.4, 0.5) is 4.39 Å². The van der Waals surface area contributed by atoms with E-state index in [2.05, 4.69) is 26.2 Å². The topological polar surface area (TPSA) is 39.9 Å². The zero-order valence-electron chi connectivity index (χ0n) is 9.87. The summed E-state index contributed by atoms with van der Waals surface area (Å²) >= 11 is 3.16. The SMILES string of the molecule is COC(C)(C)Cn1nnc2cc(F)c(Br)cc21. The predicted molar refractivity (Wildman–Crippen MR) is 66.3 cm³/mol. The Morgan fingerprint density at radius 3 is 2.82 bits per heavy atom. The first-order chi connectivity index (χ1) is 7.93. The molecule has 0 aliphatic heterocycles. The van der Waals surface area contributed by atoms with E-state index in [1.54, 1.807) is 17.9 Å². The molecule has 0 saturated heterocycles. The zero-order valence-corrected chi connectivity index (χ0v) is 11.5. The predicted octanol–water partition coefficient (Wildman–Crippen LogP) is 2.76. The second kappa shape index (κ2) is 4.34. The molecule has 0 bridgehead atoms. The Hall–Kier alpha value is -1.01. The summed E-state index contributed by atoms with van der Waals surface area (Å²) in [5, 5.41) is 7.95. The van der Waals surface area contributed by atoms with Crippen LogP contribution >= 0.6 is 15.9 Å². The van der Waals surface area contributed by atoms with E-state index in [1.165, 1.54) is 6.07 Å². The maximum Gasteiger partial charge on any atom is 0.139 e. The summed E-state index contributed by atoms with van der Waals surface area (Å²) < 4.78 is 20.8. The van der Waals surface area contributed by atoms with Gasteiger partial charge in [-0.3, -0.25) is 0 Å².